The van der Waals surface area contributed by atoms with Crippen LogP contribution in [0.25, 0.3) is 33.6 Å². The summed E-state index contributed by atoms with van der Waals surface area (Å²) in [6, 6.07) is 34.0. The second-order valence-electron chi connectivity index (χ2n) is 15.6. The lowest BCUT2D eigenvalue weighted by molar-refractivity contribution is -0.133. The highest BCUT2D eigenvalue weighted by Crippen LogP contribution is 2.36. The van der Waals surface area contributed by atoms with E-state index in [0.717, 1.165) is 82.1 Å². The maximum Gasteiger partial charge on any atom is 0.407 e. The number of alkyl carbamates (subject to hydrolysis) is 2. The van der Waals surface area contributed by atoms with Gasteiger partial charge in [-0.3, -0.25) is 9.59 Å². The van der Waals surface area contributed by atoms with E-state index in [2.05, 4.69) is 69.1 Å². The van der Waals surface area contributed by atoms with Crippen molar-refractivity contribution < 1.29 is 28.7 Å². The number of nitrogens with one attached hydrogen (secondary N) is 4. The van der Waals surface area contributed by atoms with Gasteiger partial charge < -0.3 is 39.9 Å². The molecule has 4 amide bonds. The highest BCUT2D eigenvalue weighted by molar-refractivity contribution is 5.80. The van der Waals surface area contributed by atoms with Crippen molar-refractivity contribution in [2.24, 2.45) is 0 Å². The molecule has 0 saturated carbocycles. The van der Waals surface area contributed by atoms with Crippen LogP contribution in [0.5, 0.6) is 0 Å². The fraction of sp³-hybridized carbons (Fsp3) is 0.292. The van der Waals surface area contributed by atoms with Crippen molar-refractivity contribution in [3.8, 4) is 33.6 Å². The van der Waals surface area contributed by atoms with E-state index in [1.165, 1.54) is 14.2 Å². The summed E-state index contributed by atoms with van der Waals surface area (Å²) >= 11 is 0. The molecule has 0 radical (unpaired) electrons. The number of ether oxygens (including phenoxy) is 2. The molecule has 0 unspecified atom stereocenters. The van der Waals surface area contributed by atoms with Gasteiger partial charge in [0, 0.05) is 13.1 Å². The molecule has 4 atom stereocenters. The van der Waals surface area contributed by atoms with Gasteiger partial charge in [-0.25, -0.2) is 19.6 Å². The smallest absolute Gasteiger partial charge is 0.407 e. The van der Waals surface area contributed by atoms with Crippen molar-refractivity contribution in [2.75, 3.05) is 27.3 Å². The molecule has 14 nitrogen and oxygen atoms in total. The second-order valence-corrected chi connectivity index (χ2v) is 15.6. The van der Waals surface area contributed by atoms with E-state index in [1.54, 1.807) is 0 Å². The Labute approximate surface area is 360 Å². The van der Waals surface area contributed by atoms with E-state index >= 15 is 0 Å². The van der Waals surface area contributed by atoms with Crippen molar-refractivity contribution in [1.29, 1.82) is 0 Å². The quantitative estimate of drug-likeness (QED) is 0.0897. The van der Waals surface area contributed by atoms with Crippen LogP contribution in [0, 0.1) is 0 Å². The Morgan fingerprint density at radius 1 is 0.581 bits per heavy atom. The summed E-state index contributed by atoms with van der Waals surface area (Å²) < 4.78 is 9.67. The Morgan fingerprint density at radius 3 is 1.32 bits per heavy atom. The molecule has 2 fully saturated rings. The fourth-order valence-corrected chi connectivity index (χ4v) is 8.55. The van der Waals surface area contributed by atoms with Crippen LogP contribution in [-0.2, 0) is 19.1 Å². The van der Waals surface area contributed by atoms with Gasteiger partial charge in [0.05, 0.1) is 75.0 Å². The molecule has 14 heteroatoms. The predicted molar refractivity (Wildman–Crippen MR) is 233 cm³/mol. The normalized spacial score (nSPS) is 17.0. The molecular weight excluding hydrogens is 785 g/mol. The number of imidazole rings is 2. The molecule has 2 aliphatic heterocycles. The van der Waals surface area contributed by atoms with E-state index in [1.807, 2.05) is 82.9 Å². The number of aromatic nitrogens is 4. The van der Waals surface area contributed by atoms with Gasteiger partial charge in [0.15, 0.2) is 0 Å². The molecule has 2 saturated heterocycles. The maximum atomic E-state index is 13.7. The second kappa shape index (κ2) is 19.0. The van der Waals surface area contributed by atoms with Gasteiger partial charge in [-0.1, -0.05) is 109 Å². The third kappa shape index (κ3) is 9.39. The van der Waals surface area contributed by atoms with Gasteiger partial charge in [-0.05, 0) is 59.1 Å². The van der Waals surface area contributed by atoms with Gasteiger partial charge >= 0.3 is 12.2 Å². The summed E-state index contributed by atoms with van der Waals surface area (Å²) in [7, 11) is 2.62. The first-order valence-corrected chi connectivity index (χ1v) is 21.0. The Morgan fingerprint density at radius 2 is 0.952 bits per heavy atom. The number of carbonyl (C=O) groups excluding carboxylic acids is 4. The van der Waals surface area contributed by atoms with Crippen molar-refractivity contribution in [3.05, 3.63) is 144 Å². The number of H-pyrrole nitrogens is 2. The first kappa shape index (κ1) is 41.5. The summed E-state index contributed by atoms with van der Waals surface area (Å²) in [5, 5.41) is 5.63. The lowest BCUT2D eigenvalue weighted by atomic mass is 10.0. The zero-order chi connectivity index (χ0) is 43.0. The lowest BCUT2D eigenvalue weighted by Gasteiger charge is -2.26. The van der Waals surface area contributed by atoms with Crippen LogP contribution in [0.2, 0.25) is 0 Å². The van der Waals surface area contributed by atoms with Crippen LogP contribution in [0.4, 0.5) is 9.59 Å². The molecule has 4 aromatic carbocycles. The minimum Gasteiger partial charge on any atom is -0.453 e. The van der Waals surface area contributed by atoms with Gasteiger partial charge in [0.2, 0.25) is 11.8 Å². The summed E-state index contributed by atoms with van der Waals surface area (Å²) in [4.78, 5) is 71.7. The predicted octanol–water partition coefficient (Wildman–Crippen LogP) is 8.44. The SMILES string of the molecule is COC(=O)N[C@H](CC(=O)N1CCC[C@H]1c1ncc(-c2ccc(-c3ccc(-c4cnc([C@@H]5CCCN5C(=O)C[C@@H](NC(=O)OC)c5ccccc5)[nH]4)cc3)cc2)[nH]1)c1ccccc1. The number of benzene rings is 4. The molecule has 62 heavy (non-hydrogen) atoms. The number of hydrogen-bond acceptors (Lipinski definition) is 8. The van der Waals surface area contributed by atoms with Gasteiger partial charge in [-0.2, -0.15) is 0 Å². The van der Waals surface area contributed by atoms with Gasteiger partial charge in [-0.15, -0.1) is 0 Å². The van der Waals surface area contributed by atoms with E-state index < -0.39 is 24.3 Å². The third-order valence-electron chi connectivity index (χ3n) is 11.8. The van der Waals surface area contributed by atoms with E-state index in [9.17, 15) is 19.2 Å². The van der Waals surface area contributed by atoms with Crippen LogP contribution < -0.4 is 10.6 Å². The molecule has 0 spiro atoms. The molecule has 0 aliphatic carbocycles. The van der Waals surface area contributed by atoms with Gasteiger partial charge in [0.1, 0.15) is 11.6 Å². The number of rotatable bonds is 13. The fourth-order valence-electron chi connectivity index (χ4n) is 8.55. The first-order chi connectivity index (χ1) is 30.3. The molecule has 4 heterocycles. The maximum absolute atomic E-state index is 13.7. The molecule has 8 rings (SSSR count). The Hall–Kier alpha value is -7.22. The largest absolute Gasteiger partial charge is 0.453 e. The number of methoxy groups -OCH3 is 2. The standard InChI is InChI=1S/C48H50N8O6/c1-61-47(59)53-37(33-11-5-3-6-12-33)27-43(57)55-25-9-15-41(55)45-49-29-39(51-45)35-21-17-31(18-22-35)32-19-23-36(24-20-32)40-30-50-46(52-40)42-16-10-26-56(42)44(58)28-38(54-48(60)62-2)34-13-7-4-8-14-34/h3-8,11-14,17-24,29-30,37-38,41-42H,9-10,15-16,25-28H2,1-2H3,(H,49,51)(H,50,52)(H,53,59)(H,54,60)/t37-,38-,41+,42+/m1/s1. The molecule has 6 aromatic rings. The Kier molecular flexibility index (Phi) is 12.7. The molecule has 2 aromatic heterocycles. The minimum absolute atomic E-state index is 0.0631. The van der Waals surface area contributed by atoms with Crippen molar-refractivity contribution in [2.45, 2.75) is 62.7 Å². The van der Waals surface area contributed by atoms with Crippen molar-refractivity contribution >= 4 is 24.0 Å². The summed E-state index contributed by atoms with van der Waals surface area (Å²) in [5.74, 6) is 1.35. The zero-order valence-corrected chi connectivity index (χ0v) is 34.8. The Bertz CT molecular complexity index is 2300. The van der Waals surface area contributed by atoms with Gasteiger partial charge in [0.25, 0.3) is 0 Å². The van der Waals surface area contributed by atoms with Crippen LogP contribution in [0.3, 0.4) is 0 Å². The molecule has 0 bridgehead atoms. The monoisotopic (exact) mass is 834 g/mol. The summed E-state index contributed by atoms with van der Waals surface area (Å²) in [6.45, 7) is 1.23. The third-order valence-corrected chi connectivity index (χ3v) is 11.8. The summed E-state index contributed by atoms with van der Waals surface area (Å²) in [5.41, 5.74) is 7.46. The molecule has 318 valence electrons. The van der Waals surface area contributed by atoms with E-state index in [-0.39, 0.29) is 36.7 Å². The topological polar surface area (TPSA) is 175 Å². The minimum atomic E-state index is -0.585. The first-order valence-electron chi connectivity index (χ1n) is 21.0. The number of amides is 4. The number of hydrogen-bond donors (Lipinski definition) is 4. The average Bonchev–Trinajstić information content (AvgIpc) is 4.17. The zero-order valence-electron chi connectivity index (χ0n) is 34.8. The highest BCUT2D eigenvalue weighted by Gasteiger charge is 2.35. The number of aromatic amines is 2. The number of likely N-dealkylation sites (tertiary alicyclic amines) is 2. The Balaban J connectivity index is 0.894. The van der Waals surface area contributed by atoms with E-state index in [4.69, 9.17) is 19.4 Å². The molecular formula is C48H50N8O6. The van der Waals surface area contributed by atoms with Crippen molar-refractivity contribution in [3.63, 3.8) is 0 Å². The average molecular weight is 835 g/mol. The highest BCUT2D eigenvalue weighted by atomic mass is 16.5. The van der Waals surface area contributed by atoms with Crippen LogP contribution >= 0.6 is 0 Å². The van der Waals surface area contributed by atoms with Crippen molar-refractivity contribution in [1.82, 2.24) is 40.4 Å². The van der Waals surface area contributed by atoms with Crippen LogP contribution in [-0.4, -0.2) is 81.0 Å². The molecule has 2 aliphatic rings. The van der Waals surface area contributed by atoms with Crippen LogP contribution in [0.1, 0.15) is 85.5 Å². The van der Waals surface area contributed by atoms with Crippen LogP contribution in [0.15, 0.2) is 122 Å². The lowest BCUT2D eigenvalue weighted by Crippen LogP contribution is -2.36. The molecule has 4 N–H and O–H groups in total. The summed E-state index contributed by atoms with van der Waals surface area (Å²) in [6.07, 6.45) is 5.96. The number of carbonyl (C=O) groups is 4. The van der Waals surface area contributed by atoms with E-state index in [0.29, 0.717) is 13.1 Å². The number of nitrogens with zero attached hydrogens (tertiary/aromatic N) is 4.